The minimum atomic E-state index is -0.712. The van der Waals surface area contributed by atoms with Gasteiger partial charge in [0.15, 0.2) is 6.61 Å². The highest BCUT2D eigenvalue weighted by atomic mass is 35.5. The maximum Gasteiger partial charge on any atom is 0.342 e. The number of ether oxygens (including phenoxy) is 3. The van der Waals surface area contributed by atoms with Crippen LogP contribution in [0, 0.1) is 0 Å². The summed E-state index contributed by atoms with van der Waals surface area (Å²) in [5.74, 6) is -0.873. The minimum absolute atomic E-state index is 0.0330. The van der Waals surface area contributed by atoms with Gasteiger partial charge in [0, 0.05) is 19.2 Å². The van der Waals surface area contributed by atoms with Gasteiger partial charge in [-0.2, -0.15) is 0 Å². The molecule has 1 aliphatic rings. The van der Waals surface area contributed by atoms with Crippen LogP contribution < -0.4 is 15.8 Å². The van der Waals surface area contributed by atoms with Crippen LogP contribution in [-0.2, 0) is 14.3 Å². The number of hydrogen-bond acceptors (Lipinski definition) is 6. The number of benzene rings is 1. The molecule has 3 N–H and O–H groups in total. The molecule has 1 fully saturated rings. The van der Waals surface area contributed by atoms with Crippen LogP contribution in [0.15, 0.2) is 12.1 Å². The Labute approximate surface area is 139 Å². The second-order valence-electron chi connectivity index (χ2n) is 5.09. The zero-order valence-corrected chi connectivity index (χ0v) is 13.5. The number of rotatable bonds is 6. The zero-order chi connectivity index (χ0) is 16.8. The Morgan fingerprint density at radius 3 is 2.91 bits per heavy atom. The fraction of sp³-hybridized carbons (Fsp3) is 0.467. The average Bonchev–Trinajstić information content (AvgIpc) is 3.06. The highest BCUT2D eigenvalue weighted by molar-refractivity contribution is 6.33. The Balaban J connectivity index is 1.86. The highest BCUT2D eigenvalue weighted by Crippen LogP contribution is 2.29. The van der Waals surface area contributed by atoms with E-state index in [1.807, 2.05) is 0 Å². The van der Waals surface area contributed by atoms with Crippen molar-refractivity contribution in [2.24, 2.45) is 0 Å². The second kappa shape index (κ2) is 8.03. The molecule has 23 heavy (non-hydrogen) atoms. The van der Waals surface area contributed by atoms with Crippen LogP contribution in [-0.4, -0.2) is 44.8 Å². The molecule has 1 amide bonds. The summed E-state index contributed by atoms with van der Waals surface area (Å²) >= 11 is 5.89. The van der Waals surface area contributed by atoms with Gasteiger partial charge in [-0.1, -0.05) is 11.6 Å². The van der Waals surface area contributed by atoms with Gasteiger partial charge in [-0.05, 0) is 18.9 Å². The molecule has 0 bridgehead atoms. The lowest BCUT2D eigenvalue weighted by Gasteiger charge is -2.12. The molecular formula is C15H19ClN2O5. The first kappa shape index (κ1) is 17.4. The van der Waals surface area contributed by atoms with Crippen LogP contribution >= 0.6 is 11.6 Å². The van der Waals surface area contributed by atoms with Gasteiger partial charge in [-0.15, -0.1) is 0 Å². The number of nitrogens with two attached hydrogens (primary N) is 1. The third-order valence-electron chi connectivity index (χ3n) is 3.42. The lowest BCUT2D eigenvalue weighted by atomic mass is 10.2. The number of nitrogen functional groups attached to an aromatic ring is 1. The summed E-state index contributed by atoms with van der Waals surface area (Å²) < 4.78 is 15.4. The lowest BCUT2D eigenvalue weighted by Crippen LogP contribution is -2.34. The highest BCUT2D eigenvalue weighted by Gasteiger charge is 2.19. The van der Waals surface area contributed by atoms with E-state index in [9.17, 15) is 9.59 Å². The van der Waals surface area contributed by atoms with Crippen molar-refractivity contribution in [3.8, 4) is 5.75 Å². The standard InChI is InChI=1S/C15H19ClN2O5/c1-21-13-6-12(17)11(16)5-10(13)15(20)23-8-14(19)18-7-9-3-2-4-22-9/h5-6,9H,2-4,7-8,17H2,1H3,(H,18,19)/t9-/m1/s1. The number of carbonyl (C=O) groups excluding carboxylic acids is 2. The Hall–Kier alpha value is -1.99. The van der Waals surface area contributed by atoms with E-state index >= 15 is 0 Å². The number of hydrogen-bond donors (Lipinski definition) is 2. The van der Waals surface area contributed by atoms with Crippen molar-refractivity contribution in [3.05, 3.63) is 22.7 Å². The number of amides is 1. The number of anilines is 1. The molecular weight excluding hydrogens is 324 g/mol. The molecule has 0 unspecified atom stereocenters. The van der Waals surface area contributed by atoms with Gasteiger partial charge in [0.25, 0.3) is 5.91 Å². The van der Waals surface area contributed by atoms with Gasteiger partial charge in [-0.25, -0.2) is 4.79 Å². The van der Waals surface area contributed by atoms with Crippen LogP contribution in [0.2, 0.25) is 5.02 Å². The average molecular weight is 343 g/mol. The van der Waals surface area contributed by atoms with Crippen molar-refractivity contribution in [1.82, 2.24) is 5.32 Å². The largest absolute Gasteiger partial charge is 0.496 e. The molecule has 7 nitrogen and oxygen atoms in total. The fourth-order valence-electron chi connectivity index (χ4n) is 2.19. The van der Waals surface area contributed by atoms with Gasteiger partial charge in [0.05, 0.1) is 23.9 Å². The van der Waals surface area contributed by atoms with E-state index in [1.54, 1.807) is 0 Å². The summed E-state index contributed by atoms with van der Waals surface area (Å²) in [5.41, 5.74) is 6.04. The van der Waals surface area contributed by atoms with Crippen LogP contribution in [0.5, 0.6) is 5.75 Å². The fourth-order valence-corrected chi connectivity index (χ4v) is 2.35. The van der Waals surface area contributed by atoms with E-state index in [0.29, 0.717) is 13.2 Å². The minimum Gasteiger partial charge on any atom is -0.496 e. The first-order chi connectivity index (χ1) is 11.0. The first-order valence-electron chi connectivity index (χ1n) is 7.19. The predicted octanol–water partition coefficient (Wildman–Crippen LogP) is 1.38. The van der Waals surface area contributed by atoms with E-state index in [2.05, 4.69) is 5.32 Å². The molecule has 2 rings (SSSR count). The summed E-state index contributed by atoms with van der Waals surface area (Å²) in [4.78, 5) is 23.7. The Bertz CT molecular complexity index is 587. The monoisotopic (exact) mass is 342 g/mol. The van der Waals surface area contributed by atoms with Crippen molar-refractivity contribution in [2.75, 3.05) is 32.6 Å². The van der Waals surface area contributed by atoms with Gasteiger partial charge in [0.1, 0.15) is 11.3 Å². The number of methoxy groups -OCH3 is 1. The number of halogens is 1. The Morgan fingerprint density at radius 1 is 1.48 bits per heavy atom. The van der Waals surface area contributed by atoms with Gasteiger partial charge < -0.3 is 25.3 Å². The van der Waals surface area contributed by atoms with Gasteiger partial charge >= 0.3 is 5.97 Å². The first-order valence-corrected chi connectivity index (χ1v) is 7.57. The number of nitrogens with one attached hydrogen (secondary N) is 1. The maximum absolute atomic E-state index is 12.0. The van der Waals surface area contributed by atoms with Crippen LogP contribution in [0.4, 0.5) is 5.69 Å². The molecule has 0 radical (unpaired) electrons. The van der Waals surface area contributed by atoms with Gasteiger partial charge in [0.2, 0.25) is 0 Å². The molecule has 0 aliphatic carbocycles. The molecule has 1 saturated heterocycles. The molecule has 0 saturated carbocycles. The van der Waals surface area contributed by atoms with E-state index < -0.39 is 18.5 Å². The van der Waals surface area contributed by atoms with Crippen molar-refractivity contribution < 1.29 is 23.8 Å². The molecule has 1 atom stereocenters. The van der Waals surface area contributed by atoms with E-state index in [0.717, 1.165) is 12.8 Å². The summed E-state index contributed by atoms with van der Waals surface area (Å²) in [5, 5.41) is 2.87. The van der Waals surface area contributed by atoms with Crippen LogP contribution in [0.3, 0.4) is 0 Å². The summed E-state index contributed by atoms with van der Waals surface area (Å²) in [7, 11) is 1.40. The molecule has 8 heteroatoms. The Morgan fingerprint density at radius 2 is 2.26 bits per heavy atom. The molecule has 0 aromatic heterocycles. The van der Waals surface area contributed by atoms with Crippen molar-refractivity contribution in [3.63, 3.8) is 0 Å². The van der Waals surface area contributed by atoms with Crippen molar-refractivity contribution in [1.29, 1.82) is 0 Å². The van der Waals surface area contributed by atoms with Crippen LogP contribution in [0.25, 0.3) is 0 Å². The normalized spacial score (nSPS) is 16.9. The summed E-state index contributed by atoms with van der Waals surface area (Å²) in [6.07, 6.45) is 1.94. The maximum atomic E-state index is 12.0. The molecule has 1 heterocycles. The van der Waals surface area contributed by atoms with Crippen molar-refractivity contribution >= 4 is 29.2 Å². The number of carbonyl (C=O) groups is 2. The second-order valence-corrected chi connectivity index (χ2v) is 5.50. The third kappa shape index (κ3) is 4.74. The lowest BCUT2D eigenvalue weighted by molar-refractivity contribution is -0.124. The molecule has 1 aromatic rings. The van der Waals surface area contributed by atoms with E-state index in [1.165, 1.54) is 19.2 Å². The molecule has 1 aromatic carbocycles. The summed E-state index contributed by atoms with van der Waals surface area (Å²) in [6, 6.07) is 2.78. The topological polar surface area (TPSA) is 99.9 Å². The van der Waals surface area contributed by atoms with E-state index in [4.69, 9.17) is 31.5 Å². The quantitative estimate of drug-likeness (QED) is 0.598. The Kier molecular flexibility index (Phi) is 6.06. The SMILES string of the molecule is COc1cc(N)c(Cl)cc1C(=O)OCC(=O)NC[C@H]1CCCO1. The van der Waals surface area contributed by atoms with Gasteiger partial charge in [-0.3, -0.25) is 4.79 Å². The zero-order valence-electron chi connectivity index (χ0n) is 12.8. The number of esters is 1. The van der Waals surface area contributed by atoms with Crippen LogP contribution in [0.1, 0.15) is 23.2 Å². The summed E-state index contributed by atoms with van der Waals surface area (Å²) in [6.45, 7) is 0.733. The van der Waals surface area contributed by atoms with Crippen molar-refractivity contribution in [2.45, 2.75) is 18.9 Å². The van der Waals surface area contributed by atoms with E-state index in [-0.39, 0.29) is 28.1 Å². The smallest absolute Gasteiger partial charge is 0.342 e. The molecule has 1 aliphatic heterocycles. The molecule has 0 spiro atoms. The molecule has 126 valence electrons. The third-order valence-corrected chi connectivity index (χ3v) is 3.75. The predicted molar refractivity (Wildman–Crippen MR) is 84.7 cm³/mol.